The first kappa shape index (κ1) is 11.9. The highest BCUT2D eigenvalue weighted by Crippen LogP contribution is 2.40. The van der Waals surface area contributed by atoms with Gasteiger partial charge in [-0.2, -0.15) is 0 Å². The molecule has 0 bridgehead atoms. The van der Waals surface area contributed by atoms with Crippen molar-refractivity contribution in [1.29, 1.82) is 0 Å². The highest BCUT2D eigenvalue weighted by molar-refractivity contribution is 9.09. The van der Waals surface area contributed by atoms with Crippen LogP contribution >= 0.6 is 38.9 Å². The minimum atomic E-state index is 0.254. The number of rotatable bonds is 3. The Morgan fingerprint density at radius 2 is 2.53 bits per heavy atom. The van der Waals surface area contributed by atoms with Crippen molar-refractivity contribution in [3.05, 3.63) is 21.3 Å². The average Bonchev–Trinajstić information content (AvgIpc) is 2.76. The Morgan fingerprint density at radius 3 is 3.00 bits per heavy atom. The molecule has 1 nitrogen and oxygen atoms in total. The van der Waals surface area contributed by atoms with Crippen molar-refractivity contribution in [2.45, 2.75) is 25.9 Å². The molecule has 0 aliphatic carbocycles. The Kier molecular flexibility index (Phi) is 3.76. The minimum Gasteiger partial charge on any atom is -0.378 e. The van der Waals surface area contributed by atoms with Crippen molar-refractivity contribution in [3.8, 4) is 0 Å². The van der Waals surface area contributed by atoms with E-state index in [4.69, 9.17) is 16.3 Å². The molecule has 84 valence electrons. The lowest BCUT2D eigenvalue weighted by atomic mass is 9.79. The van der Waals surface area contributed by atoms with E-state index in [1.54, 1.807) is 11.3 Å². The number of ether oxygens (including phenoxy) is 1. The van der Waals surface area contributed by atoms with Gasteiger partial charge in [-0.05, 0) is 36.8 Å². The second-order valence-electron chi connectivity index (χ2n) is 4.19. The Morgan fingerprint density at radius 1 is 1.73 bits per heavy atom. The number of hydrogen-bond donors (Lipinski definition) is 0. The second kappa shape index (κ2) is 4.74. The average molecular weight is 310 g/mol. The predicted molar refractivity (Wildman–Crippen MR) is 69.3 cm³/mol. The summed E-state index contributed by atoms with van der Waals surface area (Å²) in [5, 5.41) is 3.15. The van der Waals surface area contributed by atoms with Gasteiger partial charge in [0.1, 0.15) is 0 Å². The van der Waals surface area contributed by atoms with Crippen LogP contribution in [0.3, 0.4) is 0 Å². The summed E-state index contributed by atoms with van der Waals surface area (Å²) >= 11 is 11.2. The molecule has 2 heterocycles. The van der Waals surface area contributed by atoms with Gasteiger partial charge in [-0.1, -0.05) is 27.5 Å². The van der Waals surface area contributed by atoms with Crippen LogP contribution < -0.4 is 0 Å². The summed E-state index contributed by atoms with van der Waals surface area (Å²) < 4.78 is 6.56. The lowest BCUT2D eigenvalue weighted by Gasteiger charge is -2.29. The van der Waals surface area contributed by atoms with Gasteiger partial charge in [0, 0.05) is 17.4 Å². The Bertz CT molecular complexity index is 341. The molecular formula is C11H14BrClOS. The van der Waals surface area contributed by atoms with Crippen molar-refractivity contribution < 1.29 is 4.74 Å². The summed E-state index contributed by atoms with van der Waals surface area (Å²) in [6.07, 6.45) is 2.52. The molecule has 2 atom stereocenters. The maximum atomic E-state index is 5.95. The molecule has 1 fully saturated rings. The number of alkyl halides is 1. The van der Waals surface area contributed by atoms with E-state index in [0.29, 0.717) is 6.10 Å². The van der Waals surface area contributed by atoms with Gasteiger partial charge in [-0.15, -0.1) is 11.3 Å². The zero-order valence-corrected chi connectivity index (χ0v) is 11.8. The van der Waals surface area contributed by atoms with E-state index < -0.39 is 0 Å². The van der Waals surface area contributed by atoms with Gasteiger partial charge in [0.2, 0.25) is 0 Å². The van der Waals surface area contributed by atoms with E-state index in [9.17, 15) is 0 Å². The van der Waals surface area contributed by atoms with Crippen LogP contribution in [0.25, 0.3) is 0 Å². The summed E-state index contributed by atoms with van der Waals surface area (Å²) in [6, 6.07) is 2.07. The highest BCUT2D eigenvalue weighted by atomic mass is 79.9. The fourth-order valence-corrected chi connectivity index (χ4v) is 3.96. The molecule has 2 rings (SSSR count). The number of thiophene rings is 1. The fourth-order valence-electron chi connectivity index (χ4n) is 2.12. The first-order valence-electron chi connectivity index (χ1n) is 5.07. The molecule has 1 saturated heterocycles. The summed E-state index contributed by atoms with van der Waals surface area (Å²) in [7, 11) is 0. The molecule has 1 aliphatic heterocycles. The fraction of sp³-hybridized carbons (Fsp3) is 0.636. The summed E-state index contributed by atoms with van der Waals surface area (Å²) in [6.45, 7) is 3.05. The summed E-state index contributed by atoms with van der Waals surface area (Å²) in [4.78, 5) is 0. The third-order valence-corrected chi connectivity index (χ3v) is 5.53. The van der Waals surface area contributed by atoms with Crippen LogP contribution in [0.15, 0.2) is 11.4 Å². The normalized spacial score (nSPS) is 31.0. The standard InChI is InChI=1S/C11H14BrClOS/c1-8-11(7-12,2-3-14-8)5-9-4-10(13)15-6-9/h4,6,8H,2-3,5,7H2,1H3. The molecule has 0 radical (unpaired) electrons. The van der Waals surface area contributed by atoms with Gasteiger partial charge in [0.25, 0.3) is 0 Å². The van der Waals surface area contributed by atoms with Crippen LogP contribution in [0.4, 0.5) is 0 Å². The second-order valence-corrected chi connectivity index (χ2v) is 6.30. The molecule has 4 heteroatoms. The molecule has 1 aliphatic rings. The number of hydrogen-bond acceptors (Lipinski definition) is 2. The minimum absolute atomic E-state index is 0.254. The smallest absolute Gasteiger partial charge is 0.0931 e. The first-order chi connectivity index (χ1) is 7.16. The molecule has 0 amide bonds. The van der Waals surface area contributed by atoms with E-state index in [0.717, 1.165) is 29.1 Å². The third kappa shape index (κ3) is 2.41. The van der Waals surface area contributed by atoms with Crippen LogP contribution in [0, 0.1) is 5.41 Å². The van der Waals surface area contributed by atoms with Crippen LogP contribution in [-0.2, 0) is 11.2 Å². The third-order valence-electron chi connectivity index (χ3n) is 3.27. The van der Waals surface area contributed by atoms with Gasteiger partial charge < -0.3 is 4.74 Å². The predicted octanol–water partition coefficient (Wildman–Crippen LogP) is 4.13. The van der Waals surface area contributed by atoms with Crippen LogP contribution in [-0.4, -0.2) is 18.0 Å². The lowest BCUT2D eigenvalue weighted by molar-refractivity contribution is 0.0747. The van der Waals surface area contributed by atoms with Crippen molar-refractivity contribution in [3.63, 3.8) is 0 Å². The van der Waals surface area contributed by atoms with Crippen LogP contribution in [0.1, 0.15) is 18.9 Å². The Labute approximate surface area is 108 Å². The van der Waals surface area contributed by atoms with E-state index in [1.165, 1.54) is 5.56 Å². The Balaban J connectivity index is 2.14. The maximum absolute atomic E-state index is 5.95. The van der Waals surface area contributed by atoms with Gasteiger partial charge in [-0.25, -0.2) is 0 Å². The van der Waals surface area contributed by atoms with Gasteiger partial charge in [-0.3, -0.25) is 0 Å². The van der Waals surface area contributed by atoms with Crippen molar-refractivity contribution in [2.75, 3.05) is 11.9 Å². The largest absolute Gasteiger partial charge is 0.378 e. The first-order valence-corrected chi connectivity index (χ1v) is 7.45. The molecule has 15 heavy (non-hydrogen) atoms. The Hall–Kier alpha value is 0.430. The molecule has 0 aromatic carbocycles. The quantitative estimate of drug-likeness (QED) is 0.763. The lowest BCUT2D eigenvalue weighted by Crippen LogP contribution is -2.32. The molecule has 1 aromatic rings. The zero-order valence-electron chi connectivity index (χ0n) is 8.63. The monoisotopic (exact) mass is 308 g/mol. The van der Waals surface area contributed by atoms with Crippen LogP contribution in [0.5, 0.6) is 0 Å². The van der Waals surface area contributed by atoms with E-state index in [-0.39, 0.29) is 5.41 Å². The summed E-state index contributed by atoms with van der Waals surface area (Å²) in [5.41, 5.74) is 1.59. The molecule has 0 saturated carbocycles. The molecule has 0 N–H and O–H groups in total. The number of halogens is 2. The van der Waals surface area contributed by atoms with E-state index in [2.05, 4.69) is 34.3 Å². The molecular weight excluding hydrogens is 296 g/mol. The molecule has 0 spiro atoms. The highest BCUT2D eigenvalue weighted by Gasteiger charge is 2.40. The van der Waals surface area contributed by atoms with E-state index >= 15 is 0 Å². The maximum Gasteiger partial charge on any atom is 0.0931 e. The van der Waals surface area contributed by atoms with Gasteiger partial charge >= 0.3 is 0 Å². The van der Waals surface area contributed by atoms with Crippen LogP contribution in [0.2, 0.25) is 4.34 Å². The van der Waals surface area contributed by atoms with E-state index in [1.807, 2.05) is 0 Å². The SMILES string of the molecule is CC1OCCC1(CBr)Cc1csc(Cl)c1. The van der Waals surface area contributed by atoms with Gasteiger partial charge in [0.15, 0.2) is 0 Å². The van der Waals surface area contributed by atoms with Crippen molar-refractivity contribution in [1.82, 2.24) is 0 Å². The van der Waals surface area contributed by atoms with Crippen molar-refractivity contribution >= 4 is 38.9 Å². The van der Waals surface area contributed by atoms with Crippen molar-refractivity contribution in [2.24, 2.45) is 5.41 Å². The topological polar surface area (TPSA) is 9.23 Å². The molecule has 1 aromatic heterocycles. The zero-order chi connectivity index (χ0) is 10.9. The van der Waals surface area contributed by atoms with Gasteiger partial charge in [0.05, 0.1) is 10.4 Å². The molecule has 2 unspecified atom stereocenters. The summed E-state index contributed by atoms with van der Waals surface area (Å²) in [5.74, 6) is 0.